The normalized spacial score (nSPS) is 13.8. The molecule has 0 saturated carbocycles. The van der Waals surface area contributed by atoms with Gasteiger partial charge in [-0.2, -0.15) is 0 Å². The van der Waals surface area contributed by atoms with Gasteiger partial charge in [0.05, 0.1) is 17.7 Å². The Morgan fingerprint density at radius 2 is 1.03 bits per heavy atom. The zero-order valence-electron chi connectivity index (χ0n) is 45.3. The second-order valence-electron chi connectivity index (χ2n) is 24.4. The molecule has 9 aromatic rings. The van der Waals surface area contributed by atoms with Crippen LogP contribution in [0.3, 0.4) is 0 Å². The summed E-state index contributed by atoms with van der Waals surface area (Å²) >= 11 is 0. The van der Waals surface area contributed by atoms with E-state index in [-0.39, 0.29) is 27.1 Å². The number of hydrogen-bond acceptors (Lipinski definition) is 4. The van der Waals surface area contributed by atoms with E-state index in [2.05, 4.69) is 287 Å². The fourth-order valence-corrected chi connectivity index (χ4v) is 10.7. The van der Waals surface area contributed by atoms with Crippen LogP contribution >= 0.6 is 0 Å². The topological polar surface area (TPSA) is 33.5 Å². The third-order valence-electron chi connectivity index (χ3n) is 15.3. The van der Waals surface area contributed by atoms with Crippen LogP contribution in [0.25, 0.3) is 38.8 Å². The van der Waals surface area contributed by atoms with Crippen LogP contribution in [0.15, 0.2) is 194 Å². The Morgan fingerprint density at radius 3 is 1.67 bits per heavy atom. The number of allylic oxidation sites excluding steroid dienone is 1. The fourth-order valence-electron chi connectivity index (χ4n) is 10.7. The van der Waals surface area contributed by atoms with Crippen molar-refractivity contribution >= 4 is 33.2 Å². The number of hydrogen-bond donors (Lipinski definition) is 0. The molecule has 0 unspecified atom stereocenters. The first-order chi connectivity index (χ1) is 34.6. The zero-order chi connectivity index (χ0) is 51.7. The van der Waals surface area contributed by atoms with Crippen molar-refractivity contribution in [2.24, 2.45) is 5.41 Å². The van der Waals surface area contributed by atoms with E-state index in [1.54, 1.807) is 0 Å². The quantitative estimate of drug-likeness (QED) is 0.137. The number of anilines is 2. The molecule has 3 heterocycles. The Bertz CT molecular complexity index is 3510. The second-order valence-corrected chi connectivity index (χ2v) is 24.4. The van der Waals surface area contributed by atoms with Crippen molar-refractivity contribution in [3.8, 4) is 28.4 Å². The molecule has 0 bridgehead atoms. The molecule has 10 rings (SSSR count). The molecule has 73 heavy (non-hydrogen) atoms. The Kier molecular flexibility index (Phi) is 12.3. The van der Waals surface area contributed by atoms with Gasteiger partial charge in [0.25, 0.3) is 0 Å². The number of fused-ring (bicyclic) bond motifs is 3. The monoisotopic (exact) mass is 961 g/mol. The van der Waals surface area contributed by atoms with E-state index in [1.165, 1.54) is 61.0 Å². The number of para-hydroxylation sites is 1. The molecular weight excluding hydrogens is 889 g/mol. The number of benzene rings is 7. The molecule has 1 aliphatic heterocycles. The summed E-state index contributed by atoms with van der Waals surface area (Å²) in [5.74, 6) is 2.47. The summed E-state index contributed by atoms with van der Waals surface area (Å²) in [4.78, 5) is 10.0. The van der Waals surface area contributed by atoms with Gasteiger partial charge in [0, 0.05) is 68.6 Å². The highest BCUT2D eigenvalue weighted by atomic mass is 16.5. The van der Waals surface area contributed by atoms with Gasteiger partial charge in [-0.05, 0) is 104 Å². The van der Waals surface area contributed by atoms with Crippen LogP contribution in [0, 0.1) is 5.41 Å². The van der Waals surface area contributed by atoms with Crippen molar-refractivity contribution in [1.82, 2.24) is 9.55 Å². The predicted molar refractivity (Wildman–Crippen MR) is 309 cm³/mol. The molecule has 5 heteroatoms. The van der Waals surface area contributed by atoms with Crippen molar-refractivity contribution in [3.05, 3.63) is 227 Å². The van der Waals surface area contributed by atoms with E-state index in [1.807, 2.05) is 6.20 Å². The van der Waals surface area contributed by atoms with Gasteiger partial charge in [-0.1, -0.05) is 205 Å². The molecule has 0 saturated heterocycles. The largest absolute Gasteiger partial charge is 0.457 e. The molecular formula is C68H72N4O. The van der Waals surface area contributed by atoms with E-state index in [4.69, 9.17) is 9.72 Å². The average molecular weight is 961 g/mol. The molecule has 1 aliphatic rings. The predicted octanol–water partition coefficient (Wildman–Crippen LogP) is 18.1. The molecule has 0 fully saturated rings. The molecule has 5 nitrogen and oxygen atoms in total. The van der Waals surface area contributed by atoms with Gasteiger partial charge in [0.2, 0.25) is 0 Å². The summed E-state index contributed by atoms with van der Waals surface area (Å²) in [7, 11) is 0. The minimum absolute atomic E-state index is 0.0518. The molecule has 0 atom stereocenters. The molecule has 0 amide bonds. The maximum atomic E-state index is 7.36. The van der Waals surface area contributed by atoms with Gasteiger partial charge in [-0.25, -0.2) is 4.98 Å². The lowest BCUT2D eigenvalue weighted by molar-refractivity contribution is 0.475. The van der Waals surface area contributed by atoms with Gasteiger partial charge in [-0.15, -0.1) is 0 Å². The van der Waals surface area contributed by atoms with Crippen molar-refractivity contribution in [1.29, 1.82) is 0 Å². The van der Waals surface area contributed by atoms with Gasteiger partial charge >= 0.3 is 0 Å². The number of nitrogens with zero attached hydrogens (tertiary/aromatic N) is 4. The van der Waals surface area contributed by atoms with Crippen LogP contribution in [-0.4, -0.2) is 16.2 Å². The third-order valence-corrected chi connectivity index (χ3v) is 15.3. The lowest BCUT2D eigenvalue weighted by Gasteiger charge is -2.33. The van der Waals surface area contributed by atoms with E-state index in [0.717, 1.165) is 39.7 Å². The van der Waals surface area contributed by atoms with Crippen molar-refractivity contribution in [2.45, 2.75) is 112 Å². The van der Waals surface area contributed by atoms with Crippen LogP contribution in [0.4, 0.5) is 11.4 Å². The van der Waals surface area contributed by atoms with Crippen molar-refractivity contribution in [3.63, 3.8) is 0 Å². The molecule has 7 aromatic carbocycles. The van der Waals surface area contributed by atoms with Crippen LogP contribution in [-0.2, 0) is 21.7 Å². The average Bonchev–Trinajstić information content (AvgIpc) is 3.98. The molecule has 0 N–H and O–H groups in total. The van der Waals surface area contributed by atoms with Crippen molar-refractivity contribution in [2.75, 3.05) is 16.5 Å². The van der Waals surface area contributed by atoms with E-state index >= 15 is 0 Å². The molecule has 2 aromatic heterocycles. The molecule has 0 radical (unpaired) electrons. The maximum absolute atomic E-state index is 7.36. The van der Waals surface area contributed by atoms with Crippen LogP contribution in [0.2, 0.25) is 0 Å². The minimum atomic E-state index is -0.383. The Hall–Kier alpha value is -7.37. The highest BCUT2D eigenvalue weighted by Crippen LogP contribution is 2.47. The number of pyridine rings is 1. The van der Waals surface area contributed by atoms with Gasteiger partial charge in [-0.3, -0.25) is 4.57 Å². The summed E-state index contributed by atoms with van der Waals surface area (Å²) in [5.41, 5.74) is 14.5. The third kappa shape index (κ3) is 9.47. The minimum Gasteiger partial charge on any atom is -0.457 e. The summed E-state index contributed by atoms with van der Waals surface area (Å²) in [5, 5.41) is 2.39. The first-order valence-corrected chi connectivity index (χ1v) is 26.0. The van der Waals surface area contributed by atoms with Crippen LogP contribution in [0.5, 0.6) is 11.5 Å². The summed E-state index contributed by atoms with van der Waals surface area (Å²) in [6.45, 7) is 30.6. The highest BCUT2D eigenvalue weighted by Gasteiger charge is 2.35. The van der Waals surface area contributed by atoms with Crippen molar-refractivity contribution < 1.29 is 4.74 Å². The Balaban J connectivity index is 1.12. The maximum Gasteiger partial charge on any atom is 0.137 e. The smallest absolute Gasteiger partial charge is 0.137 e. The first kappa shape index (κ1) is 49.2. The number of aromatic nitrogens is 2. The van der Waals surface area contributed by atoms with E-state index in [0.29, 0.717) is 6.67 Å². The standard InChI is InChI=1S/C68H72N4O/c1-64(2,3)50-33-34-69-62(40-50)72-59-32-24-23-31-57(59)63-58(68(12,13)49-29-21-16-22-30-49)42-56(43-60(63)72)73-55-39-51(65(4,5)6)37-54(41-55)71-45-70(44-61(71)66(7,8)9)53-36-47(46-25-17-14-18-26-46)35-52(38-53)67(10,11)48-27-19-15-20-28-48/h14-44H,45H2,1-13H3. The lowest BCUT2D eigenvalue weighted by atomic mass is 9.76. The summed E-state index contributed by atoms with van der Waals surface area (Å²) in [6.07, 6.45) is 4.33. The lowest BCUT2D eigenvalue weighted by Crippen LogP contribution is -2.31. The zero-order valence-corrected chi connectivity index (χ0v) is 45.3. The number of ether oxygens (including phenoxy) is 1. The molecule has 0 spiro atoms. The first-order valence-electron chi connectivity index (χ1n) is 26.0. The highest BCUT2D eigenvalue weighted by molar-refractivity contribution is 6.12. The number of rotatable bonds is 10. The van der Waals surface area contributed by atoms with Gasteiger partial charge < -0.3 is 14.5 Å². The van der Waals surface area contributed by atoms with Crippen LogP contribution < -0.4 is 14.5 Å². The van der Waals surface area contributed by atoms with Gasteiger partial charge in [0.15, 0.2) is 0 Å². The van der Waals surface area contributed by atoms with E-state index in [9.17, 15) is 0 Å². The second kappa shape index (κ2) is 18.3. The Morgan fingerprint density at radius 1 is 0.438 bits per heavy atom. The fraction of sp³-hybridized carbons (Fsp3) is 0.279. The Labute approximate surface area is 434 Å². The van der Waals surface area contributed by atoms with Crippen LogP contribution in [0.1, 0.15) is 123 Å². The van der Waals surface area contributed by atoms with E-state index < -0.39 is 0 Å². The van der Waals surface area contributed by atoms with Gasteiger partial charge in [0.1, 0.15) is 17.3 Å². The molecule has 0 aliphatic carbocycles. The molecule has 370 valence electrons. The summed E-state index contributed by atoms with van der Waals surface area (Å²) < 4.78 is 9.70. The SMILES string of the molecule is CC(C)(C)C1=CN(c2cc(-c3ccccc3)cc(C(C)(C)c3ccccc3)c2)CN1c1cc(Oc2cc(C(C)(C)c3ccccc3)c3c4ccccc4n(-c4cc(C(C)(C)C)ccn4)c3c2)cc(C(C)(C)C)c1. The summed E-state index contributed by atoms with van der Waals surface area (Å²) in [6, 6.07) is 64.3.